The third kappa shape index (κ3) is 1.50. The molecule has 0 aromatic heterocycles. The molecule has 1 atom stereocenters. The third-order valence-electron chi connectivity index (χ3n) is 2.86. The lowest BCUT2D eigenvalue weighted by atomic mass is 9.77. The average molecular weight is 228 g/mol. The first-order chi connectivity index (χ1) is 7.14. The van der Waals surface area contributed by atoms with E-state index >= 15 is 0 Å². The summed E-state index contributed by atoms with van der Waals surface area (Å²) in [5.74, 6) is -4.78. The van der Waals surface area contributed by atoms with Gasteiger partial charge < -0.3 is 10.2 Å². The van der Waals surface area contributed by atoms with Crippen LogP contribution in [0.3, 0.4) is 0 Å². The zero-order valence-electron chi connectivity index (χ0n) is 8.94. The van der Waals surface area contributed by atoms with Crippen molar-refractivity contribution in [1.82, 2.24) is 0 Å². The molecule has 0 spiro atoms. The number of hydrogen-bond donors (Lipinski definition) is 2. The second kappa shape index (κ2) is 3.40. The summed E-state index contributed by atoms with van der Waals surface area (Å²) >= 11 is 0. The highest BCUT2D eigenvalue weighted by atomic mass is 16.4. The fourth-order valence-corrected chi connectivity index (χ4v) is 2.03. The number of ketones is 2. The fraction of sp³-hybridized carbons (Fsp3) is 0.600. The van der Waals surface area contributed by atoms with Gasteiger partial charge in [0.25, 0.3) is 0 Å². The van der Waals surface area contributed by atoms with E-state index in [9.17, 15) is 19.2 Å². The minimum absolute atomic E-state index is 0.231. The van der Waals surface area contributed by atoms with Crippen LogP contribution in [0.4, 0.5) is 0 Å². The third-order valence-corrected chi connectivity index (χ3v) is 2.86. The van der Waals surface area contributed by atoms with Gasteiger partial charge in [-0.15, -0.1) is 0 Å². The predicted molar refractivity (Wildman–Crippen MR) is 50.7 cm³/mol. The van der Waals surface area contributed by atoms with E-state index in [2.05, 4.69) is 0 Å². The van der Waals surface area contributed by atoms with E-state index in [-0.39, 0.29) is 6.42 Å². The summed E-state index contributed by atoms with van der Waals surface area (Å²) in [6, 6.07) is 0. The molecular weight excluding hydrogens is 216 g/mol. The SMILES string of the molecule is CC1(C)CC(=O)C(CC(=O)O)(C(=O)O)C1=O. The first-order valence-electron chi connectivity index (χ1n) is 4.68. The highest BCUT2D eigenvalue weighted by Gasteiger charge is 2.64. The van der Waals surface area contributed by atoms with Gasteiger partial charge in [-0.2, -0.15) is 0 Å². The first-order valence-corrected chi connectivity index (χ1v) is 4.68. The van der Waals surface area contributed by atoms with Crippen LogP contribution in [0.25, 0.3) is 0 Å². The highest BCUT2D eigenvalue weighted by molar-refractivity contribution is 6.29. The van der Waals surface area contributed by atoms with Crippen LogP contribution in [-0.4, -0.2) is 33.7 Å². The van der Waals surface area contributed by atoms with Crippen LogP contribution in [0, 0.1) is 10.8 Å². The van der Waals surface area contributed by atoms with Crippen molar-refractivity contribution in [3.8, 4) is 0 Å². The van der Waals surface area contributed by atoms with E-state index < -0.39 is 40.8 Å². The number of carboxylic acid groups (broad SMARTS) is 2. The summed E-state index contributed by atoms with van der Waals surface area (Å²) in [6.45, 7) is 2.89. The molecule has 1 rings (SSSR count). The Labute approximate surface area is 91.3 Å². The van der Waals surface area contributed by atoms with E-state index in [4.69, 9.17) is 10.2 Å². The van der Waals surface area contributed by atoms with Crippen LogP contribution in [-0.2, 0) is 19.2 Å². The van der Waals surface area contributed by atoms with Gasteiger partial charge in [0.15, 0.2) is 17.0 Å². The quantitative estimate of drug-likeness (QED) is 0.663. The molecule has 0 saturated heterocycles. The average Bonchev–Trinajstić information content (AvgIpc) is 2.25. The monoisotopic (exact) mass is 228 g/mol. The van der Waals surface area contributed by atoms with Crippen molar-refractivity contribution in [2.24, 2.45) is 10.8 Å². The Kier molecular flexibility index (Phi) is 2.62. The van der Waals surface area contributed by atoms with Crippen molar-refractivity contribution in [1.29, 1.82) is 0 Å². The normalized spacial score (nSPS) is 28.1. The Bertz CT molecular complexity index is 394. The standard InChI is InChI=1S/C10H12O6/c1-9(2)3-5(11)10(7(9)14,8(15)16)4-6(12)13/h3-4H2,1-2H3,(H,12,13)(H,15,16). The van der Waals surface area contributed by atoms with Gasteiger partial charge in [-0.05, 0) is 0 Å². The molecular formula is C10H12O6. The van der Waals surface area contributed by atoms with E-state index in [1.807, 2.05) is 0 Å². The molecule has 6 heteroatoms. The largest absolute Gasteiger partial charge is 0.481 e. The number of aliphatic carboxylic acids is 2. The molecule has 1 aliphatic rings. The van der Waals surface area contributed by atoms with E-state index in [1.165, 1.54) is 13.8 Å². The number of carbonyl (C=O) groups excluding carboxylic acids is 2. The number of Topliss-reactive ketones (excluding diaryl/α,β-unsaturated/α-hetero) is 2. The van der Waals surface area contributed by atoms with Crippen LogP contribution in [0.1, 0.15) is 26.7 Å². The first kappa shape index (κ1) is 12.4. The van der Waals surface area contributed by atoms with Gasteiger partial charge in [-0.1, -0.05) is 13.8 Å². The Morgan fingerprint density at radius 1 is 1.25 bits per heavy atom. The maximum atomic E-state index is 11.9. The van der Waals surface area contributed by atoms with Gasteiger partial charge in [-0.3, -0.25) is 19.2 Å². The zero-order valence-corrected chi connectivity index (χ0v) is 8.94. The van der Waals surface area contributed by atoms with Gasteiger partial charge in [0.2, 0.25) is 0 Å². The summed E-state index contributed by atoms with van der Waals surface area (Å²) in [5.41, 5.74) is -3.50. The lowest BCUT2D eigenvalue weighted by Crippen LogP contribution is -2.45. The van der Waals surface area contributed by atoms with Crippen molar-refractivity contribution in [3.05, 3.63) is 0 Å². The Hall–Kier alpha value is -1.72. The van der Waals surface area contributed by atoms with E-state index in [0.29, 0.717) is 0 Å². The maximum Gasteiger partial charge on any atom is 0.325 e. The number of rotatable bonds is 3. The summed E-state index contributed by atoms with van der Waals surface area (Å²) in [7, 11) is 0. The van der Waals surface area contributed by atoms with Crippen LogP contribution in [0.15, 0.2) is 0 Å². The molecule has 0 radical (unpaired) electrons. The number of carboxylic acids is 2. The molecule has 16 heavy (non-hydrogen) atoms. The topological polar surface area (TPSA) is 109 Å². The Morgan fingerprint density at radius 2 is 1.75 bits per heavy atom. The minimum Gasteiger partial charge on any atom is -0.481 e. The van der Waals surface area contributed by atoms with Gasteiger partial charge in [0.1, 0.15) is 0 Å². The predicted octanol–water partition coefficient (Wildman–Crippen LogP) is 0.100. The van der Waals surface area contributed by atoms with Crippen molar-refractivity contribution in [3.63, 3.8) is 0 Å². The van der Waals surface area contributed by atoms with E-state index in [0.717, 1.165) is 0 Å². The molecule has 0 aliphatic heterocycles. The zero-order chi connectivity index (χ0) is 12.7. The van der Waals surface area contributed by atoms with Gasteiger partial charge in [-0.25, -0.2) is 0 Å². The number of carbonyl (C=O) groups is 4. The van der Waals surface area contributed by atoms with Crippen molar-refractivity contribution in [2.45, 2.75) is 26.7 Å². The molecule has 0 heterocycles. The molecule has 88 valence electrons. The minimum atomic E-state index is -2.39. The summed E-state index contributed by atoms with van der Waals surface area (Å²) in [5, 5.41) is 17.6. The lowest BCUT2D eigenvalue weighted by Gasteiger charge is -2.21. The highest BCUT2D eigenvalue weighted by Crippen LogP contribution is 2.45. The summed E-state index contributed by atoms with van der Waals surface area (Å²) in [4.78, 5) is 45.2. The van der Waals surface area contributed by atoms with Gasteiger partial charge in [0.05, 0.1) is 6.42 Å². The molecule has 1 fully saturated rings. The van der Waals surface area contributed by atoms with Crippen LogP contribution < -0.4 is 0 Å². The summed E-state index contributed by atoms with van der Waals surface area (Å²) < 4.78 is 0. The van der Waals surface area contributed by atoms with Gasteiger partial charge in [0, 0.05) is 11.8 Å². The van der Waals surface area contributed by atoms with E-state index in [1.54, 1.807) is 0 Å². The number of hydrogen-bond acceptors (Lipinski definition) is 4. The van der Waals surface area contributed by atoms with Crippen LogP contribution in [0.2, 0.25) is 0 Å². The molecule has 2 N–H and O–H groups in total. The van der Waals surface area contributed by atoms with Crippen LogP contribution in [0.5, 0.6) is 0 Å². The molecule has 1 aliphatic carbocycles. The molecule has 1 saturated carbocycles. The Balaban J connectivity index is 3.32. The second-order valence-electron chi connectivity index (χ2n) is 4.59. The Morgan fingerprint density at radius 3 is 2.00 bits per heavy atom. The van der Waals surface area contributed by atoms with Gasteiger partial charge >= 0.3 is 11.9 Å². The smallest absolute Gasteiger partial charge is 0.325 e. The van der Waals surface area contributed by atoms with Crippen molar-refractivity contribution < 1.29 is 29.4 Å². The maximum absolute atomic E-state index is 11.9. The van der Waals surface area contributed by atoms with Crippen molar-refractivity contribution in [2.75, 3.05) is 0 Å². The molecule has 0 aromatic rings. The van der Waals surface area contributed by atoms with Crippen LogP contribution >= 0.6 is 0 Å². The molecule has 1 unspecified atom stereocenters. The molecule has 0 amide bonds. The molecule has 0 bridgehead atoms. The second-order valence-corrected chi connectivity index (χ2v) is 4.59. The molecule has 6 nitrogen and oxygen atoms in total. The molecule has 0 aromatic carbocycles. The lowest BCUT2D eigenvalue weighted by molar-refractivity contribution is -0.163. The fourth-order valence-electron chi connectivity index (χ4n) is 2.03. The summed E-state index contributed by atoms with van der Waals surface area (Å²) in [6.07, 6.45) is -1.21. The van der Waals surface area contributed by atoms with Crippen molar-refractivity contribution >= 4 is 23.5 Å².